The van der Waals surface area contributed by atoms with Gasteiger partial charge in [-0.3, -0.25) is 10.2 Å². The molecule has 26 heavy (non-hydrogen) atoms. The van der Waals surface area contributed by atoms with Gasteiger partial charge in [0.2, 0.25) is 10.0 Å². The van der Waals surface area contributed by atoms with Crippen molar-refractivity contribution >= 4 is 16.0 Å². The number of rotatable bonds is 6. The molecule has 1 fully saturated rings. The second kappa shape index (κ2) is 7.91. The van der Waals surface area contributed by atoms with E-state index < -0.39 is 51.6 Å². The van der Waals surface area contributed by atoms with Crippen molar-refractivity contribution in [2.45, 2.75) is 37.5 Å². The van der Waals surface area contributed by atoms with Crippen molar-refractivity contribution in [3.05, 3.63) is 35.4 Å². The van der Waals surface area contributed by atoms with Crippen molar-refractivity contribution in [3.63, 3.8) is 0 Å². The van der Waals surface area contributed by atoms with E-state index in [2.05, 4.69) is 20.3 Å². The summed E-state index contributed by atoms with van der Waals surface area (Å²) in [6.07, 6.45) is -4.15. The lowest BCUT2D eigenvalue weighted by molar-refractivity contribution is -0.145. The number of sulfonamides is 1. The molecule has 7 nitrogen and oxygen atoms in total. The fraction of sp³-hybridized carbons (Fsp3) is 0.533. The minimum absolute atomic E-state index is 0.212. The van der Waals surface area contributed by atoms with Gasteiger partial charge in [0.25, 0.3) is 0 Å². The van der Waals surface area contributed by atoms with Crippen LogP contribution in [-0.2, 0) is 32.3 Å². The van der Waals surface area contributed by atoms with E-state index in [0.29, 0.717) is 6.42 Å². The summed E-state index contributed by atoms with van der Waals surface area (Å²) in [4.78, 5) is 12.0. The number of benzene rings is 1. The summed E-state index contributed by atoms with van der Waals surface area (Å²) in [5, 5.41) is -1.36. The van der Waals surface area contributed by atoms with Gasteiger partial charge in [-0.25, -0.2) is 18.6 Å². The number of hydrogen-bond acceptors (Lipinski definition) is 6. The van der Waals surface area contributed by atoms with E-state index in [1.807, 2.05) is 0 Å². The molecule has 1 aliphatic heterocycles. The molecule has 1 aromatic rings. The average molecular weight is 395 g/mol. The summed E-state index contributed by atoms with van der Waals surface area (Å²) < 4.78 is 71.0. The molecule has 3 N–H and O–H groups in total. The highest BCUT2D eigenvalue weighted by Crippen LogP contribution is 2.32. The Labute approximate surface area is 149 Å². The molecule has 0 bridgehead atoms. The Balaban J connectivity index is 2.21. The highest BCUT2D eigenvalue weighted by molar-refractivity contribution is 7.90. The summed E-state index contributed by atoms with van der Waals surface area (Å²) in [7, 11) is -3.02. The number of carbonyl (C=O) groups is 1. The average Bonchev–Trinajstić information content (AvgIpc) is 3.04. The number of halogens is 3. The summed E-state index contributed by atoms with van der Waals surface area (Å²) in [6, 6.07) is 4.20. The van der Waals surface area contributed by atoms with Crippen molar-refractivity contribution in [2.24, 2.45) is 5.92 Å². The van der Waals surface area contributed by atoms with Gasteiger partial charge in [0.05, 0.1) is 12.7 Å². The van der Waals surface area contributed by atoms with Crippen molar-refractivity contribution < 1.29 is 31.1 Å². The van der Waals surface area contributed by atoms with Crippen LogP contribution < -0.4 is 15.6 Å². The van der Waals surface area contributed by atoms with E-state index in [9.17, 15) is 26.4 Å². The molecule has 3 unspecified atom stereocenters. The van der Waals surface area contributed by atoms with Crippen molar-refractivity contribution in [3.8, 4) is 0 Å². The predicted molar refractivity (Wildman–Crippen MR) is 86.8 cm³/mol. The zero-order chi connectivity index (χ0) is 19.5. The molecular formula is C15H20F3N3O4S. The molecule has 0 radical (unpaired) electrons. The first-order valence-electron chi connectivity index (χ1n) is 7.84. The van der Waals surface area contributed by atoms with Crippen LogP contribution in [0.2, 0.25) is 0 Å². The van der Waals surface area contributed by atoms with Gasteiger partial charge in [0, 0.05) is 12.6 Å². The Kier molecular flexibility index (Phi) is 6.27. The number of alkyl halides is 3. The van der Waals surface area contributed by atoms with Crippen LogP contribution in [0.5, 0.6) is 0 Å². The fourth-order valence-electron chi connectivity index (χ4n) is 2.85. The quantitative estimate of drug-likeness (QED) is 0.625. The first-order valence-corrected chi connectivity index (χ1v) is 9.39. The van der Waals surface area contributed by atoms with Gasteiger partial charge in [-0.15, -0.1) is 0 Å². The molecule has 0 saturated carbocycles. The summed E-state index contributed by atoms with van der Waals surface area (Å²) >= 11 is 0. The highest BCUT2D eigenvalue weighted by atomic mass is 32.2. The maximum atomic E-state index is 13.0. The number of methoxy groups -OCH3 is 1. The Bertz CT molecular complexity index is 755. The Morgan fingerprint density at radius 1 is 1.27 bits per heavy atom. The standard InChI is InChI=1S/C15H20F3N3O4S/c1-3-11-12(14(22)25-2)13(21-20-11)26(23,24)19-8-9-6-4-5-7-10(9)15(16,17)18/h4-7,11-13,19-21H,3,8H2,1-2H3. The maximum Gasteiger partial charge on any atom is 0.416 e. The van der Waals surface area contributed by atoms with Gasteiger partial charge < -0.3 is 4.74 Å². The lowest BCUT2D eigenvalue weighted by Crippen LogP contribution is -2.47. The van der Waals surface area contributed by atoms with Gasteiger partial charge in [-0.2, -0.15) is 13.2 Å². The molecule has 11 heteroatoms. The van der Waals surface area contributed by atoms with Gasteiger partial charge in [0.1, 0.15) is 5.92 Å². The lowest BCUT2D eigenvalue weighted by atomic mass is 10.00. The van der Waals surface area contributed by atoms with Gasteiger partial charge in [-0.05, 0) is 18.1 Å². The molecule has 1 heterocycles. The van der Waals surface area contributed by atoms with Crippen LogP contribution in [0.25, 0.3) is 0 Å². The third-order valence-electron chi connectivity index (χ3n) is 4.20. The van der Waals surface area contributed by atoms with Gasteiger partial charge in [-0.1, -0.05) is 25.1 Å². The monoisotopic (exact) mass is 395 g/mol. The summed E-state index contributed by atoms with van der Waals surface area (Å²) in [5.74, 6) is -1.75. The molecule has 2 rings (SSSR count). The third kappa shape index (κ3) is 4.34. The van der Waals surface area contributed by atoms with Gasteiger partial charge in [0.15, 0.2) is 5.37 Å². The number of ether oxygens (including phenoxy) is 1. The van der Waals surface area contributed by atoms with Crippen LogP contribution in [0, 0.1) is 5.92 Å². The Morgan fingerprint density at radius 3 is 2.50 bits per heavy atom. The van der Waals surface area contributed by atoms with E-state index >= 15 is 0 Å². The highest BCUT2D eigenvalue weighted by Gasteiger charge is 2.47. The van der Waals surface area contributed by atoms with Crippen LogP contribution in [0.15, 0.2) is 24.3 Å². The molecule has 1 aromatic carbocycles. The number of esters is 1. The van der Waals surface area contributed by atoms with Crippen LogP contribution in [-0.4, -0.2) is 32.9 Å². The van der Waals surface area contributed by atoms with Crippen LogP contribution in [0.4, 0.5) is 13.2 Å². The van der Waals surface area contributed by atoms with E-state index in [-0.39, 0.29) is 5.56 Å². The molecule has 1 saturated heterocycles. The molecule has 0 aliphatic carbocycles. The Morgan fingerprint density at radius 2 is 1.92 bits per heavy atom. The minimum Gasteiger partial charge on any atom is -0.469 e. The fourth-order valence-corrected chi connectivity index (χ4v) is 4.30. The zero-order valence-electron chi connectivity index (χ0n) is 14.1. The largest absolute Gasteiger partial charge is 0.469 e. The zero-order valence-corrected chi connectivity index (χ0v) is 14.9. The summed E-state index contributed by atoms with van der Waals surface area (Å²) in [5.41, 5.74) is 4.10. The second-order valence-electron chi connectivity index (χ2n) is 5.79. The first-order chi connectivity index (χ1) is 12.1. The minimum atomic E-state index is -4.60. The van der Waals surface area contributed by atoms with E-state index in [1.165, 1.54) is 18.2 Å². The molecular weight excluding hydrogens is 375 g/mol. The smallest absolute Gasteiger partial charge is 0.416 e. The van der Waals surface area contributed by atoms with E-state index in [0.717, 1.165) is 13.2 Å². The number of nitrogens with one attached hydrogen (secondary N) is 3. The maximum absolute atomic E-state index is 13.0. The molecule has 3 atom stereocenters. The third-order valence-corrected chi connectivity index (χ3v) is 5.83. The topological polar surface area (TPSA) is 96.5 Å². The van der Waals surface area contributed by atoms with Crippen molar-refractivity contribution in [1.29, 1.82) is 0 Å². The molecule has 1 aliphatic rings. The Hall–Kier alpha value is -1.69. The predicted octanol–water partition coefficient (Wildman–Crippen LogP) is 1.13. The number of hydrogen-bond donors (Lipinski definition) is 3. The second-order valence-corrected chi connectivity index (χ2v) is 7.68. The van der Waals surface area contributed by atoms with Crippen molar-refractivity contribution in [1.82, 2.24) is 15.6 Å². The molecule has 146 valence electrons. The van der Waals surface area contributed by atoms with Crippen LogP contribution in [0.1, 0.15) is 24.5 Å². The number of carbonyl (C=O) groups excluding carboxylic acids is 1. The molecule has 0 spiro atoms. The number of hydrazine groups is 1. The van der Waals surface area contributed by atoms with Crippen LogP contribution >= 0.6 is 0 Å². The first kappa shape index (κ1) is 20.6. The molecule has 0 aromatic heterocycles. The SMILES string of the molecule is CCC1NNC(S(=O)(=O)NCc2ccccc2C(F)(F)F)C1C(=O)OC. The summed E-state index contributed by atoms with van der Waals surface area (Å²) in [6.45, 7) is 1.21. The van der Waals surface area contributed by atoms with E-state index in [1.54, 1.807) is 6.92 Å². The lowest BCUT2D eigenvalue weighted by Gasteiger charge is -2.21. The van der Waals surface area contributed by atoms with Gasteiger partial charge >= 0.3 is 12.1 Å². The van der Waals surface area contributed by atoms with Crippen molar-refractivity contribution in [2.75, 3.05) is 7.11 Å². The normalized spacial score (nSPS) is 23.8. The van der Waals surface area contributed by atoms with Crippen LogP contribution in [0.3, 0.4) is 0 Å². The molecule has 0 amide bonds. The van der Waals surface area contributed by atoms with E-state index in [4.69, 9.17) is 0 Å².